The molecule has 11 nitrogen and oxygen atoms in total. The Morgan fingerprint density at radius 3 is 1.87 bits per heavy atom. The zero-order chi connectivity index (χ0) is 31.6. The Hall–Kier alpha value is -5.34. The van der Waals surface area contributed by atoms with Crippen LogP contribution in [0.2, 0.25) is 0 Å². The first-order valence-corrected chi connectivity index (χ1v) is 16.3. The number of anilines is 4. The maximum absolute atomic E-state index is 12.4. The van der Waals surface area contributed by atoms with E-state index in [2.05, 4.69) is 26.4 Å². The van der Waals surface area contributed by atoms with Gasteiger partial charge in [0.05, 0.1) is 27.6 Å². The molecule has 0 aliphatic heterocycles. The standard InChI is InChI=1S/C32H25N5O6S2/c38-44(39,40)23-14-15-24-26(20-23)29(17-16-27(24)35-34-22-10-5-2-6-11-22)37-36-28-18-19-30(33-21-8-3-1-4-9-21)32-25(28)12-7-13-31(32)45(41,42)43/h1-20,33,36-37H,(H,38,39,40)(H,41,42,43). The Balaban J connectivity index is 1.42. The van der Waals surface area contributed by atoms with Crippen LogP contribution < -0.4 is 16.2 Å². The van der Waals surface area contributed by atoms with Gasteiger partial charge in [-0.05, 0) is 66.7 Å². The number of benzene rings is 6. The zero-order valence-corrected chi connectivity index (χ0v) is 24.9. The van der Waals surface area contributed by atoms with Crippen molar-refractivity contribution < 1.29 is 25.9 Å². The number of hydrogen-bond acceptors (Lipinski definition) is 9. The van der Waals surface area contributed by atoms with Crippen molar-refractivity contribution in [2.75, 3.05) is 16.2 Å². The third-order valence-corrected chi connectivity index (χ3v) is 8.70. The molecule has 0 unspecified atom stereocenters. The Kier molecular flexibility index (Phi) is 7.91. The molecule has 0 aliphatic carbocycles. The predicted molar refractivity (Wildman–Crippen MR) is 175 cm³/mol. The average Bonchev–Trinajstić information content (AvgIpc) is 3.03. The topological polar surface area (TPSA) is 170 Å². The van der Waals surface area contributed by atoms with E-state index in [0.29, 0.717) is 50.3 Å². The number of rotatable bonds is 9. The van der Waals surface area contributed by atoms with E-state index >= 15 is 0 Å². The lowest BCUT2D eigenvalue weighted by Crippen LogP contribution is -2.10. The molecular weight excluding hydrogens is 615 g/mol. The summed E-state index contributed by atoms with van der Waals surface area (Å²) < 4.78 is 68.5. The van der Waals surface area contributed by atoms with E-state index < -0.39 is 20.2 Å². The van der Waals surface area contributed by atoms with E-state index in [-0.39, 0.29) is 15.2 Å². The first-order chi connectivity index (χ1) is 21.6. The van der Waals surface area contributed by atoms with Gasteiger partial charge >= 0.3 is 0 Å². The number of fused-ring (bicyclic) bond motifs is 2. The van der Waals surface area contributed by atoms with Crippen LogP contribution in [0, 0.1) is 0 Å². The highest BCUT2D eigenvalue weighted by Crippen LogP contribution is 2.38. The van der Waals surface area contributed by atoms with Gasteiger partial charge in [0.1, 0.15) is 4.90 Å². The van der Waals surface area contributed by atoms with Crippen LogP contribution in [-0.4, -0.2) is 25.9 Å². The van der Waals surface area contributed by atoms with Gasteiger partial charge in [-0.1, -0.05) is 54.6 Å². The molecule has 6 aromatic rings. The van der Waals surface area contributed by atoms with Gasteiger partial charge < -0.3 is 16.2 Å². The molecule has 45 heavy (non-hydrogen) atoms. The van der Waals surface area contributed by atoms with Crippen LogP contribution in [0.25, 0.3) is 21.5 Å². The van der Waals surface area contributed by atoms with Crippen molar-refractivity contribution in [3.05, 3.63) is 121 Å². The molecule has 0 saturated heterocycles. The second-order valence-electron chi connectivity index (χ2n) is 9.91. The van der Waals surface area contributed by atoms with E-state index in [1.165, 1.54) is 30.3 Å². The van der Waals surface area contributed by atoms with Crippen molar-refractivity contribution in [3.63, 3.8) is 0 Å². The van der Waals surface area contributed by atoms with Crippen LogP contribution in [0.1, 0.15) is 0 Å². The summed E-state index contributed by atoms with van der Waals surface area (Å²) in [5.41, 5.74) is 9.30. The largest absolute Gasteiger partial charge is 0.355 e. The molecule has 0 aromatic heterocycles. The molecule has 0 fully saturated rings. The van der Waals surface area contributed by atoms with E-state index in [0.717, 1.165) is 0 Å². The maximum atomic E-state index is 12.4. The molecule has 0 bridgehead atoms. The molecular formula is C32H25N5O6S2. The van der Waals surface area contributed by atoms with Crippen LogP contribution >= 0.6 is 0 Å². The van der Waals surface area contributed by atoms with Crippen molar-refractivity contribution in [2.45, 2.75) is 9.79 Å². The fraction of sp³-hybridized carbons (Fsp3) is 0. The summed E-state index contributed by atoms with van der Waals surface area (Å²) in [5.74, 6) is 0. The Bertz CT molecular complexity index is 2300. The van der Waals surface area contributed by atoms with E-state index in [9.17, 15) is 25.9 Å². The molecule has 13 heteroatoms. The average molecular weight is 640 g/mol. The number of azo groups is 1. The van der Waals surface area contributed by atoms with Crippen LogP contribution in [0.3, 0.4) is 0 Å². The molecule has 226 valence electrons. The number of hydrazine groups is 1. The number of para-hydroxylation sites is 1. The molecule has 0 radical (unpaired) electrons. The summed E-state index contributed by atoms with van der Waals surface area (Å²) in [5, 5.41) is 13.5. The molecule has 0 heterocycles. The normalized spacial score (nSPS) is 12.0. The lowest BCUT2D eigenvalue weighted by atomic mass is 10.1. The molecule has 0 saturated carbocycles. The second-order valence-corrected chi connectivity index (χ2v) is 12.7. The lowest BCUT2D eigenvalue weighted by Gasteiger charge is -2.18. The maximum Gasteiger partial charge on any atom is 0.295 e. The van der Waals surface area contributed by atoms with E-state index in [1.54, 1.807) is 42.5 Å². The molecule has 6 rings (SSSR count). The van der Waals surface area contributed by atoms with Crippen LogP contribution in [0.4, 0.5) is 34.1 Å². The van der Waals surface area contributed by atoms with Crippen LogP contribution in [0.5, 0.6) is 0 Å². The molecule has 0 amide bonds. The fourth-order valence-corrected chi connectivity index (χ4v) is 6.12. The minimum Gasteiger partial charge on any atom is -0.355 e. The SMILES string of the molecule is O=S(=O)(O)c1ccc2c(N=Nc3ccccc3)ccc(NNc3ccc(Nc4ccccc4)c4c(S(=O)(=O)O)cccc34)c2c1. The predicted octanol–water partition coefficient (Wildman–Crippen LogP) is 8.08. The Labute approximate surface area is 258 Å². The minimum absolute atomic E-state index is 0.255. The van der Waals surface area contributed by atoms with Crippen LogP contribution in [0.15, 0.2) is 141 Å². The van der Waals surface area contributed by atoms with Gasteiger partial charge in [-0.15, -0.1) is 5.11 Å². The van der Waals surface area contributed by atoms with Gasteiger partial charge in [0.25, 0.3) is 20.2 Å². The molecule has 0 spiro atoms. The fourth-order valence-electron chi connectivity index (χ4n) is 4.89. The highest BCUT2D eigenvalue weighted by Gasteiger charge is 2.19. The molecule has 0 atom stereocenters. The summed E-state index contributed by atoms with van der Waals surface area (Å²) in [6.45, 7) is 0. The first-order valence-electron chi connectivity index (χ1n) is 13.5. The highest BCUT2D eigenvalue weighted by atomic mass is 32.2. The van der Waals surface area contributed by atoms with Gasteiger partial charge in [0, 0.05) is 32.9 Å². The summed E-state index contributed by atoms with van der Waals surface area (Å²) >= 11 is 0. The van der Waals surface area contributed by atoms with Crippen molar-refractivity contribution in [3.8, 4) is 0 Å². The van der Waals surface area contributed by atoms with E-state index in [1.807, 2.05) is 48.5 Å². The minimum atomic E-state index is -4.59. The van der Waals surface area contributed by atoms with Gasteiger partial charge in [-0.25, -0.2) is 0 Å². The summed E-state index contributed by atoms with van der Waals surface area (Å²) in [6.07, 6.45) is 0. The summed E-state index contributed by atoms with van der Waals surface area (Å²) in [6, 6.07) is 33.7. The van der Waals surface area contributed by atoms with Crippen molar-refractivity contribution in [1.82, 2.24) is 0 Å². The molecule has 5 N–H and O–H groups in total. The number of nitrogens with one attached hydrogen (secondary N) is 3. The van der Waals surface area contributed by atoms with E-state index in [4.69, 9.17) is 0 Å². The monoisotopic (exact) mass is 639 g/mol. The summed E-state index contributed by atoms with van der Waals surface area (Å²) in [4.78, 5) is -0.590. The molecule has 6 aromatic carbocycles. The van der Waals surface area contributed by atoms with Gasteiger partial charge in [-0.3, -0.25) is 9.11 Å². The molecule has 0 aliphatic rings. The Morgan fingerprint density at radius 1 is 0.533 bits per heavy atom. The third kappa shape index (κ3) is 6.46. The van der Waals surface area contributed by atoms with Crippen molar-refractivity contribution in [2.24, 2.45) is 10.2 Å². The van der Waals surface area contributed by atoms with Gasteiger partial charge in [0.2, 0.25) is 0 Å². The highest BCUT2D eigenvalue weighted by molar-refractivity contribution is 7.86. The zero-order valence-electron chi connectivity index (χ0n) is 23.3. The van der Waals surface area contributed by atoms with Crippen molar-refractivity contribution in [1.29, 1.82) is 0 Å². The first kappa shape index (κ1) is 29.7. The smallest absolute Gasteiger partial charge is 0.295 e. The quantitative estimate of drug-likeness (QED) is 0.0596. The lowest BCUT2D eigenvalue weighted by molar-refractivity contribution is 0.481. The van der Waals surface area contributed by atoms with Gasteiger partial charge in [0.15, 0.2) is 0 Å². The van der Waals surface area contributed by atoms with Crippen LogP contribution in [-0.2, 0) is 20.2 Å². The van der Waals surface area contributed by atoms with Crippen molar-refractivity contribution >= 4 is 75.9 Å². The number of hydrogen-bond donors (Lipinski definition) is 5. The Morgan fingerprint density at radius 2 is 1.18 bits per heavy atom. The number of nitrogens with zero attached hydrogens (tertiary/aromatic N) is 2. The summed E-state index contributed by atoms with van der Waals surface area (Å²) in [7, 11) is -9.11. The third-order valence-electron chi connectivity index (χ3n) is 6.96. The second kappa shape index (κ2) is 12.0. The van der Waals surface area contributed by atoms with Gasteiger partial charge in [-0.2, -0.15) is 21.9 Å².